The third-order valence-corrected chi connectivity index (χ3v) is 7.37. The van der Waals surface area contributed by atoms with Crippen LogP contribution in [-0.2, 0) is 13.0 Å². The van der Waals surface area contributed by atoms with Crippen LogP contribution in [0.25, 0.3) is 16.0 Å². The fourth-order valence-corrected chi connectivity index (χ4v) is 5.32. The number of halogens is 2. The predicted octanol–water partition coefficient (Wildman–Crippen LogP) is 4.35. The molecule has 3 aromatic heterocycles. The Kier molecular flexibility index (Phi) is 5.17. The van der Waals surface area contributed by atoms with E-state index in [0.717, 1.165) is 47.0 Å². The Balaban J connectivity index is 1.47. The van der Waals surface area contributed by atoms with Crippen LogP contribution in [0.15, 0.2) is 40.1 Å². The van der Waals surface area contributed by atoms with Crippen LogP contribution in [0.3, 0.4) is 0 Å². The highest BCUT2D eigenvalue weighted by atomic mass is 32.1. The summed E-state index contributed by atoms with van der Waals surface area (Å²) in [6, 6.07) is 5.22. The van der Waals surface area contributed by atoms with Gasteiger partial charge in [0.1, 0.15) is 11.9 Å². The molecule has 3 aromatic rings. The summed E-state index contributed by atoms with van der Waals surface area (Å²) in [7, 11) is 0. The zero-order valence-corrected chi connectivity index (χ0v) is 18.8. The molecule has 2 aliphatic rings. The van der Waals surface area contributed by atoms with Crippen LogP contribution in [0.2, 0.25) is 0 Å². The number of aryl methyl sites for hydroxylation is 1. The fourth-order valence-electron chi connectivity index (χ4n) is 4.41. The Morgan fingerprint density at radius 2 is 2.06 bits per heavy atom. The van der Waals surface area contributed by atoms with Crippen molar-refractivity contribution in [2.24, 2.45) is 0 Å². The minimum atomic E-state index is -2.79. The van der Waals surface area contributed by atoms with Crippen LogP contribution in [0.4, 0.5) is 8.78 Å². The van der Waals surface area contributed by atoms with Gasteiger partial charge in [0.2, 0.25) is 0 Å². The van der Waals surface area contributed by atoms with Gasteiger partial charge in [-0.1, -0.05) is 0 Å². The van der Waals surface area contributed by atoms with Crippen molar-refractivity contribution in [3.8, 4) is 10.4 Å². The number of allylic oxidation sites excluding steroid dienone is 1. The lowest BCUT2D eigenvalue weighted by Crippen LogP contribution is -2.52. The standard InChI is InChI=1S/C23H23F2N5OS/c1-12-5-7-32-20(12)15-8-16-11-29(6-4-17(16)26-10-15)23-14(3)13(2)22-27-18(21(24)25)9-19(31)30(22)28-23/h5,7-10,21,23,28H,4,6,11H2,1-3H3. The van der Waals surface area contributed by atoms with Crippen LogP contribution in [0, 0.1) is 6.92 Å². The van der Waals surface area contributed by atoms with Gasteiger partial charge in [0, 0.05) is 47.9 Å². The van der Waals surface area contributed by atoms with Gasteiger partial charge in [0.25, 0.3) is 12.0 Å². The molecule has 1 unspecified atom stereocenters. The molecule has 9 heteroatoms. The highest BCUT2D eigenvalue weighted by Gasteiger charge is 2.32. The lowest BCUT2D eigenvalue weighted by atomic mass is 9.99. The molecule has 5 heterocycles. The third kappa shape index (κ3) is 3.45. The Bertz CT molecular complexity index is 1300. The largest absolute Gasteiger partial charge is 0.300 e. The minimum absolute atomic E-state index is 0.236. The Morgan fingerprint density at radius 1 is 1.25 bits per heavy atom. The molecule has 0 radical (unpaired) electrons. The molecule has 32 heavy (non-hydrogen) atoms. The summed E-state index contributed by atoms with van der Waals surface area (Å²) in [4.78, 5) is 24.8. The maximum Gasteiger partial charge on any atom is 0.280 e. The summed E-state index contributed by atoms with van der Waals surface area (Å²) in [6.45, 7) is 7.33. The molecule has 0 fully saturated rings. The minimum Gasteiger partial charge on any atom is -0.300 e. The first-order chi connectivity index (χ1) is 15.3. The second-order valence-electron chi connectivity index (χ2n) is 8.30. The Hall–Kier alpha value is -2.91. The molecule has 0 aromatic carbocycles. The number of hydrogen-bond acceptors (Lipinski definition) is 6. The van der Waals surface area contributed by atoms with E-state index >= 15 is 0 Å². The van der Waals surface area contributed by atoms with Crippen molar-refractivity contribution >= 4 is 16.9 Å². The maximum atomic E-state index is 13.1. The number of nitrogens with one attached hydrogen (secondary N) is 1. The monoisotopic (exact) mass is 455 g/mol. The van der Waals surface area contributed by atoms with E-state index in [4.69, 9.17) is 4.98 Å². The zero-order chi connectivity index (χ0) is 22.6. The fraction of sp³-hybridized carbons (Fsp3) is 0.348. The van der Waals surface area contributed by atoms with E-state index in [1.165, 1.54) is 15.1 Å². The number of hydrogen-bond donors (Lipinski definition) is 1. The molecule has 1 N–H and O–H groups in total. The third-order valence-electron chi connectivity index (χ3n) is 6.31. The molecular weight excluding hydrogens is 432 g/mol. The van der Waals surface area contributed by atoms with E-state index in [9.17, 15) is 13.6 Å². The van der Waals surface area contributed by atoms with E-state index in [0.29, 0.717) is 6.54 Å². The van der Waals surface area contributed by atoms with Gasteiger partial charge in [0.05, 0.1) is 0 Å². The van der Waals surface area contributed by atoms with Gasteiger partial charge in [-0.2, -0.15) is 0 Å². The quantitative estimate of drug-likeness (QED) is 0.636. The van der Waals surface area contributed by atoms with Gasteiger partial charge < -0.3 is 0 Å². The molecular formula is C23H23F2N5OS. The average molecular weight is 456 g/mol. The predicted molar refractivity (Wildman–Crippen MR) is 121 cm³/mol. The molecule has 166 valence electrons. The van der Waals surface area contributed by atoms with Crippen molar-refractivity contribution in [2.75, 3.05) is 12.0 Å². The number of nitrogens with zero attached hydrogens (tertiary/aromatic N) is 4. The number of thiophene rings is 1. The first-order valence-electron chi connectivity index (χ1n) is 10.5. The first kappa shape index (κ1) is 21.0. The lowest BCUT2D eigenvalue weighted by molar-refractivity contribution is 0.145. The molecule has 1 atom stereocenters. The molecule has 0 bridgehead atoms. The van der Waals surface area contributed by atoms with Crippen LogP contribution in [0.1, 0.15) is 48.6 Å². The summed E-state index contributed by atoms with van der Waals surface area (Å²) in [6.07, 6.45) is -0.274. The summed E-state index contributed by atoms with van der Waals surface area (Å²) in [5.41, 5.74) is 8.49. The maximum absolute atomic E-state index is 13.1. The molecule has 0 aliphatic carbocycles. The summed E-state index contributed by atoms with van der Waals surface area (Å²) in [5, 5.41) is 2.09. The van der Waals surface area contributed by atoms with Crippen LogP contribution in [-0.4, -0.2) is 32.3 Å². The van der Waals surface area contributed by atoms with Crippen molar-refractivity contribution in [2.45, 2.75) is 46.3 Å². The summed E-state index contributed by atoms with van der Waals surface area (Å²) < 4.78 is 27.6. The van der Waals surface area contributed by atoms with Gasteiger partial charge in [-0.05, 0) is 60.6 Å². The lowest BCUT2D eigenvalue weighted by Gasteiger charge is -2.40. The van der Waals surface area contributed by atoms with Crippen LogP contribution >= 0.6 is 11.3 Å². The number of fused-ring (bicyclic) bond motifs is 2. The van der Waals surface area contributed by atoms with Crippen molar-refractivity contribution in [1.29, 1.82) is 0 Å². The van der Waals surface area contributed by atoms with Crippen molar-refractivity contribution in [1.82, 2.24) is 19.5 Å². The molecule has 2 aliphatic heterocycles. The highest BCUT2D eigenvalue weighted by molar-refractivity contribution is 7.13. The van der Waals surface area contributed by atoms with E-state index < -0.39 is 17.7 Å². The van der Waals surface area contributed by atoms with Gasteiger partial charge in [-0.3, -0.25) is 20.1 Å². The Morgan fingerprint density at radius 3 is 2.78 bits per heavy atom. The first-order valence-corrected chi connectivity index (χ1v) is 11.3. The van der Waals surface area contributed by atoms with Gasteiger partial charge in [-0.15, -0.1) is 11.3 Å². The van der Waals surface area contributed by atoms with Gasteiger partial charge in [-0.25, -0.2) is 18.4 Å². The van der Waals surface area contributed by atoms with Gasteiger partial charge >= 0.3 is 0 Å². The van der Waals surface area contributed by atoms with Crippen molar-refractivity contribution < 1.29 is 8.78 Å². The topological polar surface area (TPSA) is 63.1 Å². The molecule has 0 saturated carbocycles. The smallest absolute Gasteiger partial charge is 0.280 e. The van der Waals surface area contributed by atoms with Crippen molar-refractivity contribution in [3.63, 3.8) is 0 Å². The average Bonchev–Trinajstić information content (AvgIpc) is 3.21. The van der Waals surface area contributed by atoms with E-state index in [-0.39, 0.29) is 12.0 Å². The number of alkyl halides is 2. The highest BCUT2D eigenvalue weighted by Crippen LogP contribution is 2.33. The van der Waals surface area contributed by atoms with Crippen molar-refractivity contribution in [3.05, 3.63) is 74.0 Å². The number of rotatable bonds is 3. The van der Waals surface area contributed by atoms with E-state index in [2.05, 4.69) is 39.7 Å². The number of aromatic nitrogens is 3. The second-order valence-corrected chi connectivity index (χ2v) is 9.22. The van der Waals surface area contributed by atoms with E-state index in [1.54, 1.807) is 11.3 Å². The summed E-state index contributed by atoms with van der Waals surface area (Å²) in [5.74, 6) is 0.246. The normalized spacial score (nSPS) is 18.5. The molecule has 0 spiro atoms. The number of pyridine rings is 1. The SMILES string of the molecule is CC1=C(C)C(N2CCc3ncc(-c4sccc4C)cc3C2)Nn2c1nc(C(F)F)cc2=O. The van der Waals surface area contributed by atoms with E-state index in [1.807, 2.05) is 20.0 Å². The zero-order valence-electron chi connectivity index (χ0n) is 18.0. The molecule has 6 nitrogen and oxygen atoms in total. The van der Waals surface area contributed by atoms with Crippen LogP contribution in [0.5, 0.6) is 0 Å². The molecule has 0 saturated heterocycles. The Labute approximate surface area is 188 Å². The van der Waals surface area contributed by atoms with Gasteiger partial charge in [0.15, 0.2) is 5.82 Å². The molecule has 0 amide bonds. The second kappa shape index (κ2) is 7.90. The van der Waals surface area contributed by atoms with Crippen LogP contribution < -0.4 is 11.0 Å². The molecule has 5 rings (SSSR count). The summed E-state index contributed by atoms with van der Waals surface area (Å²) >= 11 is 1.71.